The van der Waals surface area contributed by atoms with E-state index < -0.39 is 0 Å². The standard InChI is InChI=1S/C17H23N3O3/c1-23-14-6-4-13(5-7-14)17(12-2-3-12)19-16(22)11-20-9-8-18-15(21)10-20/h4-7,12,17H,2-3,8-11H2,1H3,(H,18,21)(H,19,22). The molecule has 1 saturated carbocycles. The molecule has 1 unspecified atom stereocenters. The predicted molar refractivity (Wildman–Crippen MR) is 86.1 cm³/mol. The Morgan fingerprint density at radius 1 is 1.39 bits per heavy atom. The first-order valence-electron chi connectivity index (χ1n) is 8.08. The van der Waals surface area contributed by atoms with E-state index in [1.807, 2.05) is 29.2 Å². The Kier molecular flexibility index (Phi) is 4.81. The maximum Gasteiger partial charge on any atom is 0.234 e. The van der Waals surface area contributed by atoms with Crippen molar-refractivity contribution < 1.29 is 14.3 Å². The minimum atomic E-state index is -0.0209. The summed E-state index contributed by atoms with van der Waals surface area (Å²) in [6, 6.07) is 7.91. The first-order chi connectivity index (χ1) is 11.2. The van der Waals surface area contributed by atoms with Gasteiger partial charge in [-0.3, -0.25) is 14.5 Å². The van der Waals surface area contributed by atoms with Crippen molar-refractivity contribution in [3.05, 3.63) is 29.8 Å². The number of rotatable bonds is 6. The number of benzene rings is 1. The second kappa shape index (κ2) is 7.00. The second-order valence-electron chi connectivity index (χ2n) is 6.22. The summed E-state index contributed by atoms with van der Waals surface area (Å²) in [6.07, 6.45) is 2.28. The van der Waals surface area contributed by atoms with Crippen molar-refractivity contribution in [2.24, 2.45) is 5.92 Å². The molecule has 2 aliphatic rings. The second-order valence-corrected chi connectivity index (χ2v) is 6.22. The fourth-order valence-electron chi connectivity index (χ4n) is 2.96. The number of hydrogen-bond acceptors (Lipinski definition) is 4. The number of amides is 2. The Labute approximate surface area is 136 Å². The molecule has 23 heavy (non-hydrogen) atoms. The molecule has 1 saturated heterocycles. The maximum absolute atomic E-state index is 12.3. The van der Waals surface area contributed by atoms with Crippen molar-refractivity contribution in [2.45, 2.75) is 18.9 Å². The molecule has 2 N–H and O–H groups in total. The average molecular weight is 317 g/mol. The molecule has 1 aromatic carbocycles. The summed E-state index contributed by atoms with van der Waals surface area (Å²) in [5.74, 6) is 1.29. The van der Waals surface area contributed by atoms with Gasteiger partial charge in [-0.15, -0.1) is 0 Å². The molecule has 6 heteroatoms. The minimum absolute atomic E-state index is 0.0158. The van der Waals surface area contributed by atoms with Crippen LogP contribution in [0.4, 0.5) is 0 Å². The third kappa shape index (κ3) is 4.22. The molecule has 1 aliphatic carbocycles. The summed E-state index contributed by atoms with van der Waals surface area (Å²) in [5.41, 5.74) is 1.11. The smallest absolute Gasteiger partial charge is 0.234 e. The van der Waals surface area contributed by atoms with Crippen LogP contribution in [0.2, 0.25) is 0 Å². The largest absolute Gasteiger partial charge is 0.497 e. The first kappa shape index (κ1) is 15.8. The van der Waals surface area contributed by atoms with Gasteiger partial charge >= 0.3 is 0 Å². The first-order valence-corrected chi connectivity index (χ1v) is 8.08. The molecule has 2 fully saturated rings. The van der Waals surface area contributed by atoms with Crippen molar-refractivity contribution in [3.63, 3.8) is 0 Å². The third-order valence-corrected chi connectivity index (χ3v) is 4.37. The van der Waals surface area contributed by atoms with E-state index in [2.05, 4.69) is 10.6 Å². The topological polar surface area (TPSA) is 70.7 Å². The van der Waals surface area contributed by atoms with Crippen LogP contribution < -0.4 is 15.4 Å². The molecule has 3 rings (SSSR count). The lowest BCUT2D eigenvalue weighted by atomic mass is 10.0. The van der Waals surface area contributed by atoms with Crippen LogP contribution in [0.3, 0.4) is 0 Å². The predicted octanol–water partition coefficient (Wildman–Crippen LogP) is 0.694. The van der Waals surface area contributed by atoms with E-state index in [-0.39, 0.29) is 24.4 Å². The lowest BCUT2D eigenvalue weighted by Crippen LogP contribution is -2.50. The molecular weight excluding hydrogens is 294 g/mol. The van der Waals surface area contributed by atoms with Gasteiger partial charge in [0.05, 0.1) is 26.2 Å². The Morgan fingerprint density at radius 3 is 2.74 bits per heavy atom. The van der Waals surface area contributed by atoms with Crippen LogP contribution in [0.25, 0.3) is 0 Å². The fourth-order valence-corrected chi connectivity index (χ4v) is 2.96. The van der Waals surface area contributed by atoms with Crippen molar-refractivity contribution in [1.82, 2.24) is 15.5 Å². The Balaban J connectivity index is 1.60. The molecular formula is C17H23N3O3. The molecule has 2 amide bonds. The van der Waals surface area contributed by atoms with E-state index in [9.17, 15) is 9.59 Å². The highest BCUT2D eigenvalue weighted by atomic mass is 16.5. The van der Waals surface area contributed by atoms with Crippen LogP contribution in [-0.2, 0) is 9.59 Å². The molecule has 6 nitrogen and oxygen atoms in total. The van der Waals surface area contributed by atoms with Gasteiger partial charge in [-0.05, 0) is 36.5 Å². The number of carbonyl (C=O) groups excluding carboxylic acids is 2. The summed E-state index contributed by atoms with van der Waals surface area (Å²) in [7, 11) is 1.64. The maximum atomic E-state index is 12.3. The molecule has 0 aromatic heterocycles. The van der Waals surface area contributed by atoms with E-state index in [0.29, 0.717) is 19.0 Å². The summed E-state index contributed by atoms with van der Waals surface area (Å²) >= 11 is 0. The lowest BCUT2D eigenvalue weighted by molar-refractivity contribution is -0.127. The monoisotopic (exact) mass is 317 g/mol. The number of carbonyl (C=O) groups is 2. The normalized spacial score (nSPS) is 19.8. The van der Waals surface area contributed by atoms with Crippen LogP contribution in [0.15, 0.2) is 24.3 Å². The molecule has 1 aliphatic heterocycles. The number of hydrogen-bond donors (Lipinski definition) is 2. The average Bonchev–Trinajstić information content (AvgIpc) is 3.37. The Morgan fingerprint density at radius 2 is 2.13 bits per heavy atom. The van der Waals surface area contributed by atoms with Crippen LogP contribution in [-0.4, -0.2) is 50.0 Å². The highest BCUT2D eigenvalue weighted by molar-refractivity contribution is 5.82. The van der Waals surface area contributed by atoms with Gasteiger partial charge in [0, 0.05) is 13.1 Å². The van der Waals surface area contributed by atoms with Gasteiger partial charge in [0.25, 0.3) is 0 Å². The van der Waals surface area contributed by atoms with Crippen molar-refractivity contribution in [2.75, 3.05) is 33.3 Å². The number of methoxy groups -OCH3 is 1. The fraction of sp³-hybridized carbons (Fsp3) is 0.529. The van der Waals surface area contributed by atoms with Gasteiger partial charge in [0.2, 0.25) is 11.8 Å². The molecule has 1 atom stereocenters. The van der Waals surface area contributed by atoms with Crippen LogP contribution in [0.1, 0.15) is 24.4 Å². The third-order valence-electron chi connectivity index (χ3n) is 4.37. The van der Waals surface area contributed by atoms with Gasteiger partial charge in [-0.25, -0.2) is 0 Å². The summed E-state index contributed by atoms with van der Waals surface area (Å²) < 4.78 is 5.18. The van der Waals surface area contributed by atoms with E-state index in [4.69, 9.17) is 4.74 Å². The Bertz CT molecular complexity index is 569. The number of nitrogens with one attached hydrogen (secondary N) is 2. The molecule has 1 aromatic rings. The minimum Gasteiger partial charge on any atom is -0.497 e. The quantitative estimate of drug-likeness (QED) is 0.810. The van der Waals surface area contributed by atoms with Crippen molar-refractivity contribution in [1.29, 1.82) is 0 Å². The molecule has 0 spiro atoms. The molecule has 124 valence electrons. The van der Waals surface area contributed by atoms with Crippen molar-refractivity contribution in [3.8, 4) is 5.75 Å². The van der Waals surface area contributed by atoms with Crippen molar-refractivity contribution >= 4 is 11.8 Å². The van der Waals surface area contributed by atoms with Crippen LogP contribution in [0, 0.1) is 5.92 Å². The SMILES string of the molecule is COc1ccc(C(NC(=O)CN2CCNC(=O)C2)C2CC2)cc1. The van der Waals surface area contributed by atoms with Gasteiger partial charge < -0.3 is 15.4 Å². The van der Waals surface area contributed by atoms with E-state index in [0.717, 1.165) is 30.7 Å². The summed E-state index contributed by atoms with van der Waals surface area (Å²) in [4.78, 5) is 25.6. The summed E-state index contributed by atoms with van der Waals surface area (Å²) in [5, 5.41) is 5.91. The van der Waals surface area contributed by atoms with Gasteiger partial charge in [-0.2, -0.15) is 0 Å². The van der Waals surface area contributed by atoms with E-state index in [1.54, 1.807) is 7.11 Å². The number of piperazine rings is 1. The molecule has 0 radical (unpaired) electrons. The number of ether oxygens (including phenoxy) is 1. The van der Waals surface area contributed by atoms with Gasteiger partial charge in [-0.1, -0.05) is 12.1 Å². The van der Waals surface area contributed by atoms with E-state index >= 15 is 0 Å². The summed E-state index contributed by atoms with van der Waals surface area (Å²) in [6.45, 7) is 1.89. The highest BCUT2D eigenvalue weighted by Gasteiger charge is 2.33. The lowest BCUT2D eigenvalue weighted by Gasteiger charge is -2.27. The van der Waals surface area contributed by atoms with Crippen LogP contribution >= 0.6 is 0 Å². The number of nitrogens with zero attached hydrogens (tertiary/aromatic N) is 1. The zero-order chi connectivity index (χ0) is 16.2. The molecule has 0 bridgehead atoms. The van der Waals surface area contributed by atoms with Crippen LogP contribution in [0.5, 0.6) is 5.75 Å². The Hall–Kier alpha value is -2.08. The molecule has 1 heterocycles. The zero-order valence-corrected chi connectivity index (χ0v) is 13.4. The van der Waals surface area contributed by atoms with Gasteiger partial charge in [0.15, 0.2) is 0 Å². The highest BCUT2D eigenvalue weighted by Crippen LogP contribution is 2.41. The van der Waals surface area contributed by atoms with Gasteiger partial charge in [0.1, 0.15) is 5.75 Å². The zero-order valence-electron chi connectivity index (χ0n) is 13.4. The van der Waals surface area contributed by atoms with E-state index in [1.165, 1.54) is 0 Å².